The van der Waals surface area contributed by atoms with Crippen LogP contribution in [0.1, 0.15) is 34.8 Å². The van der Waals surface area contributed by atoms with Gasteiger partial charge in [0.2, 0.25) is 0 Å². The van der Waals surface area contributed by atoms with Crippen LogP contribution in [-0.4, -0.2) is 34.1 Å². The van der Waals surface area contributed by atoms with E-state index in [-0.39, 0.29) is 5.69 Å². The van der Waals surface area contributed by atoms with Crippen molar-refractivity contribution in [2.24, 2.45) is 0 Å². The molecule has 5 heteroatoms. The summed E-state index contributed by atoms with van der Waals surface area (Å²) in [5, 5.41) is 8.86. The molecule has 1 aromatic carbocycles. The van der Waals surface area contributed by atoms with Crippen molar-refractivity contribution in [3.8, 4) is 0 Å². The van der Waals surface area contributed by atoms with Crippen molar-refractivity contribution in [3.63, 3.8) is 0 Å². The lowest BCUT2D eigenvalue weighted by Crippen LogP contribution is -2.35. The molecule has 1 atom stereocenters. The third-order valence-electron chi connectivity index (χ3n) is 3.87. The summed E-state index contributed by atoms with van der Waals surface area (Å²) in [7, 11) is 0. The molecule has 1 aliphatic rings. The first kappa shape index (κ1) is 13.5. The molecule has 0 amide bonds. The lowest BCUT2D eigenvalue weighted by atomic mass is 9.91. The molecule has 5 nitrogen and oxygen atoms in total. The second-order valence-electron chi connectivity index (χ2n) is 5.26. The van der Waals surface area contributed by atoms with E-state index in [0.717, 1.165) is 25.3 Å². The zero-order chi connectivity index (χ0) is 14.7. The lowest BCUT2D eigenvalue weighted by molar-refractivity contribution is 0.0690. The van der Waals surface area contributed by atoms with Crippen LogP contribution in [0.15, 0.2) is 42.7 Å². The number of benzene rings is 1. The minimum atomic E-state index is -1.05. The number of carboxylic acid groups (broad SMARTS) is 1. The molecule has 3 rings (SSSR count). The number of nitrogens with zero attached hydrogens (tertiary/aromatic N) is 3. The van der Waals surface area contributed by atoms with Crippen molar-refractivity contribution in [3.05, 3.63) is 54.0 Å². The normalized spacial score (nSPS) is 18.5. The van der Waals surface area contributed by atoms with E-state index in [0.29, 0.717) is 5.92 Å². The van der Waals surface area contributed by atoms with E-state index < -0.39 is 5.97 Å². The van der Waals surface area contributed by atoms with Crippen molar-refractivity contribution in [2.75, 3.05) is 18.0 Å². The van der Waals surface area contributed by atoms with Gasteiger partial charge in [-0.15, -0.1) is 0 Å². The molecule has 0 saturated carbocycles. The topological polar surface area (TPSA) is 66.3 Å². The highest BCUT2D eigenvalue weighted by Gasteiger charge is 2.22. The summed E-state index contributed by atoms with van der Waals surface area (Å²) in [6.07, 6.45) is 5.14. The van der Waals surface area contributed by atoms with E-state index in [2.05, 4.69) is 39.1 Å². The zero-order valence-electron chi connectivity index (χ0n) is 11.6. The van der Waals surface area contributed by atoms with Gasteiger partial charge in [-0.1, -0.05) is 30.3 Å². The van der Waals surface area contributed by atoms with Crippen LogP contribution in [0.4, 0.5) is 5.82 Å². The molecule has 2 aromatic rings. The van der Waals surface area contributed by atoms with E-state index in [4.69, 9.17) is 5.11 Å². The van der Waals surface area contributed by atoms with Crippen LogP contribution in [0, 0.1) is 0 Å². The van der Waals surface area contributed by atoms with Crippen LogP contribution in [-0.2, 0) is 0 Å². The summed E-state index contributed by atoms with van der Waals surface area (Å²) >= 11 is 0. The Kier molecular flexibility index (Phi) is 3.81. The molecule has 1 fully saturated rings. The number of carbonyl (C=O) groups is 1. The Morgan fingerprint density at radius 3 is 2.67 bits per heavy atom. The summed E-state index contributed by atoms with van der Waals surface area (Å²) in [5.74, 6) is 0.191. The highest BCUT2D eigenvalue weighted by Crippen LogP contribution is 2.28. The van der Waals surface area contributed by atoms with Gasteiger partial charge >= 0.3 is 5.97 Å². The van der Waals surface area contributed by atoms with E-state index in [1.54, 1.807) is 6.20 Å². The molecule has 1 saturated heterocycles. The molecular formula is C16H17N3O2. The quantitative estimate of drug-likeness (QED) is 0.937. The minimum absolute atomic E-state index is 0.0182. The third kappa shape index (κ3) is 3.02. The average Bonchev–Trinajstić information content (AvgIpc) is 2.56. The number of hydrogen-bond donors (Lipinski definition) is 1. The van der Waals surface area contributed by atoms with Crippen molar-refractivity contribution < 1.29 is 9.90 Å². The SMILES string of the molecule is O=C(O)c1cnc(N2CCC[C@H](c3ccccc3)C2)cn1. The van der Waals surface area contributed by atoms with Gasteiger partial charge in [-0.2, -0.15) is 0 Å². The molecule has 0 aliphatic carbocycles. The van der Waals surface area contributed by atoms with Gasteiger partial charge in [-0.05, 0) is 18.4 Å². The molecule has 1 aromatic heterocycles. The maximum atomic E-state index is 10.8. The van der Waals surface area contributed by atoms with Crippen LogP contribution < -0.4 is 4.90 Å². The average molecular weight is 283 g/mol. The first-order valence-electron chi connectivity index (χ1n) is 7.09. The summed E-state index contributed by atoms with van der Waals surface area (Å²) in [6.45, 7) is 1.83. The van der Waals surface area contributed by atoms with Crippen LogP contribution in [0.25, 0.3) is 0 Å². The summed E-state index contributed by atoms with van der Waals surface area (Å²) in [6, 6.07) is 10.5. The van der Waals surface area contributed by atoms with Crippen LogP contribution in [0.5, 0.6) is 0 Å². The first-order chi connectivity index (χ1) is 10.2. The van der Waals surface area contributed by atoms with Crippen molar-refractivity contribution in [1.82, 2.24) is 9.97 Å². The zero-order valence-corrected chi connectivity index (χ0v) is 11.6. The van der Waals surface area contributed by atoms with Crippen molar-refractivity contribution in [2.45, 2.75) is 18.8 Å². The Bertz CT molecular complexity index is 613. The van der Waals surface area contributed by atoms with E-state index >= 15 is 0 Å². The highest BCUT2D eigenvalue weighted by atomic mass is 16.4. The van der Waals surface area contributed by atoms with Gasteiger partial charge in [0.05, 0.1) is 12.4 Å². The van der Waals surface area contributed by atoms with Gasteiger partial charge in [0.1, 0.15) is 5.82 Å². The molecular weight excluding hydrogens is 266 g/mol. The number of anilines is 1. The van der Waals surface area contributed by atoms with Gasteiger partial charge in [-0.25, -0.2) is 14.8 Å². The maximum Gasteiger partial charge on any atom is 0.356 e. The highest BCUT2D eigenvalue weighted by molar-refractivity contribution is 5.84. The van der Waals surface area contributed by atoms with Gasteiger partial charge in [0, 0.05) is 19.0 Å². The van der Waals surface area contributed by atoms with Crippen molar-refractivity contribution >= 4 is 11.8 Å². The number of rotatable bonds is 3. The second kappa shape index (κ2) is 5.91. The van der Waals surface area contributed by atoms with Gasteiger partial charge in [0.15, 0.2) is 5.69 Å². The molecule has 1 N–H and O–H groups in total. The predicted octanol–water partition coefficient (Wildman–Crippen LogP) is 2.56. The third-order valence-corrected chi connectivity index (χ3v) is 3.87. The number of piperidine rings is 1. The van der Waals surface area contributed by atoms with E-state index in [1.807, 2.05) is 6.07 Å². The molecule has 21 heavy (non-hydrogen) atoms. The molecule has 108 valence electrons. The number of aromatic carboxylic acids is 1. The fourth-order valence-electron chi connectivity index (χ4n) is 2.78. The van der Waals surface area contributed by atoms with Gasteiger partial charge in [-0.3, -0.25) is 0 Å². The van der Waals surface area contributed by atoms with E-state index in [1.165, 1.54) is 18.2 Å². The molecule has 0 spiro atoms. The minimum Gasteiger partial charge on any atom is -0.476 e. The number of aromatic nitrogens is 2. The molecule has 0 bridgehead atoms. The first-order valence-corrected chi connectivity index (χ1v) is 7.09. The second-order valence-corrected chi connectivity index (χ2v) is 5.26. The largest absolute Gasteiger partial charge is 0.476 e. The lowest BCUT2D eigenvalue weighted by Gasteiger charge is -2.33. The standard InChI is InChI=1S/C16H17N3O2/c20-16(21)14-9-18-15(10-17-14)19-8-4-7-13(11-19)12-5-2-1-3-6-12/h1-3,5-6,9-10,13H,4,7-8,11H2,(H,20,21)/t13-/m0/s1. The Hall–Kier alpha value is -2.43. The molecule has 1 aliphatic heterocycles. The predicted molar refractivity (Wildman–Crippen MR) is 79.6 cm³/mol. The number of hydrogen-bond acceptors (Lipinski definition) is 4. The maximum absolute atomic E-state index is 10.8. The Morgan fingerprint density at radius 2 is 2.00 bits per heavy atom. The fraction of sp³-hybridized carbons (Fsp3) is 0.312. The number of carboxylic acids is 1. The van der Waals surface area contributed by atoms with E-state index in [9.17, 15) is 4.79 Å². The summed E-state index contributed by atoms with van der Waals surface area (Å²) < 4.78 is 0. The van der Waals surface area contributed by atoms with Gasteiger partial charge < -0.3 is 10.0 Å². The smallest absolute Gasteiger partial charge is 0.356 e. The molecule has 2 heterocycles. The Morgan fingerprint density at radius 1 is 1.19 bits per heavy atom. The Balaban J connectivity index is 1.75. The molecule has 0 unspecified atom stereocenters. The van der Waals surface area contributed by atoms with Crippen LogP contribution in [0.3, 0.4) is 0 Å². The summed E-state index contributed by atoms with van der Waals surface area (Å²) in [5.41, 5.74) is 1.33. The van der Waals surface area contributed by atoms with Crippen LogP contribution >= 0.6 is 0 Å². The van der Waals surface area contributed by atoms with Crippen LogP contribution in [0.2, 0.25) is 0 Å². The van der Waals surface area contributed by atoms with Gasteiger partial charge in [0.25, 0.3) is 0 Å². The molecule has 0 radical (unpaired) electrons. The fourth-order valence-corrected chi connectivity index (χ4v) is 2.78. The monoisotopic (exact) mass is 283 g/mol. The summed E-state index contributed by atoms with van der Waals surface area (Å²) in [4.78, 5) is 21.2. The van der Waals surface area contributed by atoms with Crippen molar-refractivity contribution in [1.29, 1.82) is 0 Å². The Labute approximate surface area is 123 Å².